The Morgan fingerprint density at radius 2 is 1.52 bits per heavy atom. The van der Waals surface area contributed by atoms with Crippen LogP contribution >= 0.6 is 0 Å². The first-order valence-electron chi connectivity index (χ1n) is 8.80. The van der Waals surface area contributed by atoms with Gasteiger partial charge in [-0.3, -0.25) is 4.79 Å². The van der Waals surface area contributed by atoms with Crippen LogP contribution in [0.4, 0.5) is 11.4 Å². The van der Waals surface area contributed by atoms with Crippen molar-refractivity contribution in [2.24, 2.45) is 10.2 Å². The van der Waals surface area contributed by atoms with E-state index in [4.69, 9.17) is 9.57 Å². The molecule has 0 radical (unpaired) electrons. The fourth-order valence-corrected chi connectivity index (χ4v) is 2.54. The summed E-state index contributed by atoms with van der Waals surface area (Å²) in [5, 5.41) is 7.66. The summed E-state index contributed by atoms with van der Waals surface area (Å²) in [4.78, 5) is 29.4. The standard InChI is InChI=1S/C22H19N3O4/c1-15-7-3-4-8-18(15)22(27)29-25-17-13-11-16(12-14-17)23-24-21(26)19-9-5-6-10-20(19)28-2/h3-14,25H,1-2H3. The quantitative estimate of drug-likeness (QED) is 0.467. The number of benzene rings is 3. The Kier molecular flexibility index (Phi) is 6.32. The van der Waals surface area contributed by atoms with E-state index in [2.05, 4.69) is 15.7 Å². The molecule has 0 unspecified atom stereocenters. The highest BCUT2D eigenvalue weighted by atomic mass is 16.7. The third-order valence-electron chi connectivity index (χ3n) is 4.09. The maximum absolute atomic E-state index is 12.2. The second kappa shape index (κ2) is 9.27. The number of hydrogen-bond acceptors (Lipinski definition) is 6. The van der Waals surface area contributed by atoms with Crippen LogP contribution in [0.5, 0.6) is 5.75 Å². The molecule has 146 valence electrons. The zero-order valence-corrected chi connectivity index (χ0v) is 16.0. The van der Waals surface area contributed by atoms with Gasteiger partial charge in [0.05, 0.1) is 29.6 Å². The summed E-state index contributed by atoms with van der Waals surface area (Å²) in [6.45, 7) is 1.84. The first-order valence-corrected chi connectivity index (χ1v) is 8.80. The van der Waals surface area contributed by atoms with Crippen molar-refractivity contribution in [3.63, 3.8) is 0 Å². The number of methoxy groups -OCH3 is 1. The zero-order chi connectivity index (χ0) is 20.6. The lowest BCUT2D eigenvalue weighted by Crippen LogP contribution is -2.11. The Bertz CT molecular complexity index is 1050. The third kappa shape index (κ3) is 5.04. The molecule has 0 aliphatic rings. The van der Waals surface area contributed by atoms with Crippen molar-refractivity contribution in [2.45, 2.75) is 6.92 Å². The molecule has 29 heavy (non-hydrogen) atoms. The number of azo groups is 1. The van der Waals surface area contributed by atoms with Gasteiger partial charge in [0.25, 0.3) is 5.91 Å². The first-order chi connectivity index (χ1) is 14.1. The summed E-state index contributed by atoms with van der Waals surface area (Å²) in [5.41, 5.74) is 5.28. The summed E-state index contributed by atoms with van der Waals surface area (Å²) < 4.78 is 5.15. The lowest BCUT2D eigenvalue weighted by Gasteiger charge is -2.08. The highest BCUT2D eigenvalue weighted by molar-refractivity contribution is 5.97. The molecule has 0 heterocycles. The minimum atomic E-state index is -0.503. The average molecular weight is 389 g/mol. The first kappa shape index (κ1) is 19.8. The van der Waals surface area contributed by atoms with Gasteiger partial charge in [0.2, 0.25) is 0 Å². The van der Waals surface area contributed by atoms with Crippen LogP contribution in [-0.4, -0.2) is 19.0 Å². The van der Waals surface area contributed by atoms with E-state index < -0.39 is 11.9 Å². The molecule has 0 atom stereocenters. The molecular weight excluding hydrogens is 370 g/mol. The number of rotatable bonds is 6. The van der Waals surface area contributed by atoms with Crippen molar-refractivity contribution in [3.05, 3.63) is 89.5 Å². The van der Waals surface area contributed by atoms with Gasteiger partial charge in [-0.15, -0.1) is 10.2 Å². The summed E-state index contributed by atoms with van der Waals surface area (Å²) in [6, 6.07) is 20.6. The average Bonchev–Trinajstić information content (AvgIpc) is 2.76. The lowest BCUT2D eigenvalue weighted by atomic mass is 10.1. The molecule has 0 bridgehead atoms. The van der Waals surface area contributed by atoms with E-state index in [0.717, 1.165) is 5.56 Å². The van der Waals surface area contributed by atoms with Crippen LogP contribution in [0.15, 0.2) is 83.0 Å². The van der Waals surface area contributed by atoms with Crippen molar-refractivity contribution in [3.8, 4) is 5.75 Å². The summed E-state index contributed by atoms with van der Waals surface area (Å²) in [7, 11) is 1.49. The molecule has 7 nitrogen and oxygen atoms in total. The number of hydrogen-bond donors (Lipinski definition) is 1. The molecule has 0 aliphatic carbocycles. The predicted octanol–water partition coefficient (Wildman–Crippen LogP) is 5.11. The van der Waals surface area contributed by atoms with E-state index in [1.54, 1.807) is 60.7 Å². The SMILES string of the molecule is COc1ccccc1C(=O)N=Nc1ccc(NOC(=O)c2ccccc2C)cc1. The van der Waals surface area contributed by atoms with Crippen molar-refractivity contribution in [1.82, 2.24) is 0 Å². The minimum Gasteiger partial charge on any atom is -0.496 e. The summed E-state index contributed by atoms with van der Waals surface area (Å²) in [5.74, 6) is -0.544. The number of anilines is 1. The second-order valence-corrected chi connectivity index (χ2v) is 6.06. The predicted molar refractivity (Wildman–Crippen MR) is 108 cm³/mol. The van der Waals surface area contributed by atoms with Crippen LogP contribution in [0, 0.1) is 6.92 Å². The van der Waals surface area contributed by atoms with Crippen molar-refractivity contribution in [1.29, 1.82) is 0 Å². The second-order valence-electron chi connectivity index (χ2n) is 6.06. The molecule has 0 aliphatic heterocycles. The van der Waals surface area contributed by atoms with E-state index in [1.165, 1.54) is 7.11 Å². The number of nitrogens with zero attached hydrogens (tertiary/aromatic N) is 2. The van der Waals surface area contributed by atoms with E-state index >= 15 is 0 Å². The summed E-state index contributed by atoms with van der Waals surface area (Å²) >= 11 is 0. The molecule has 1 amide bonds. The van der Waals surface area contributed by atoms with Crippen LogP contribution in [0.2, 0.25) is 0 Å². The Morgan fingerprint density at radius 1 is 0.862 bits per heavy atom. The normalized spacial score (nSPS) is 10.6. The van der Waals surface area contributed by atoms with Gasteiger partial charge in [0.15, 0.2) is 0 Å². The largest absolute Gasteiger partial charge is 0.496 e. The van der Waals surface area contributed by atoms with Gasteiger partial charge in [-0.2, -0.15) is 0 Å². The van der Waals surface area contributed by atoms with Gasteiger partial charge >= 0.3 is 5.97 Å². The van der Waals surface area contributed by atoms with E-state index in [0.29, 0.717) is 28.3 Å². The van der Waals surface area contributed by atoms with Gasteiger partial charge in [-0.05, 0) is 55.0 Å². The van der Waals surface area contributed by atoms with Crippen LogP contribution in [0.1, 0.15) is 26.3 Å². The van der Waals surface area contributed by atoms with Gasteiger partial charge in [0, 0.05) is 0 Å². The number of aryl methyl sites for hydroxylation is 1. The van der Waals surface area contributed by atoms with E-state index in [-0.39, 0.29) is 0 Å². The fraction of sp³-hybridized carbons (Fsp3) is 0.0909. The maximum atomic E-state index is 12.2. The van der Waals surface area contributed by atoms with Gasteiger partial charge in [-0.1, -0.05) is 30.3 Å². The molecule has 0 aromatic heterocycles. The van der Waals surface area contributed by atoms with Crippen molar-refractivity contribution >= 4 is 23.3 Å². The smallest absolute Gasteiger partial charge is 0.363 e. The van der Waals surface area contributed by atoms with E-state index in [1.807, 2.05) is 19.1 Å². The van der Waals surface area contributed by atoms with E-state index in [9.17, 15) is 9.59 Å². The molecule has 1 N–H and O–H groups in total. The number of carbonyl (C=O) groups excluding carboxylic acids is 2. The lowest BCUT2D eigenvalue weighted by molar-refractivity contribution is 0.0595. The molecule has 3 aromatic carbocycles. The fourth-order valence-electron chi connectivity index (χ4n) is 2.54. The molecule has 0 spiro atoms. The molecule has 7 heteroatoms. The molecule has 3 aromatic rings. The van der Waals surface area contributed by atoms with Gasteiger partial charge in [0.1, 0.15) is 5.75 Å². The minimum absolute atomic E-state index is 0.333. The van der Waals surface area contributed by atoms with Crippen LogP contribution in [0.3, 0.4) is 0 Å². The highest BCUT2D eigenvalue weighted by Gasteiger charge is 2.11. The Labute approximate surface area is 168 Å². The van der Waals surface area contributed by atoms with Crippen LogP contribution in [0.25, 0.3) is 0 Å². The topological polar surface area (TPSA) is 89.3 Å². The zero-order valence-electron chi connectivity index (χ0n) is 16.0. The maximum Gasteiger partial charge on any atom is 0.363 e. The number of amides is 1. The van der Waals surface area contributed by atoms with Crippen LogP contribution in [-0.2, 0) is 4.84 Å². The van der Waals surface area contributed by atoms with Crippen LogP contribution < -0.4 is 10.2 Å². The van der Waals surface area contributed by atoms with Crippen molar-refractivity contribution in [2.75, 3.05) is 12.6 Å². The number of nitrogens with one attached hydrogen (secondary N) is 1. The van der Waals surface area contributed by atoms with Gasteiger partial charge < -0.3 is 9.57 Å². The number of ether oxygens (including phenoxy) is 1. The number of carbonyl (C=O) groups is 2. The Morgan fingerprint density at radius 3 is 2.21 bits per heavy atom. The summed E-state index contributed by atoms with van der Waals surface area (Å²) in [6.07, 6.45) is 0. The number of para-hydroxylation sites is 1. The van der Waals surface area contributed by atoms with Gasteiger partial charge in [-0.25, -0.2) is 10.3 Å². The van der Waals surface area contributed by atoms with Crippen molar-refractivity contribution < 1.29 is 19.2 Å². The highest BCUT2D eigenvalue weighted by Crippen LogP contribution is 2.21. The Hall–Kier alpha value is -4.00. The molecule has 3 rings (SSSR count). The third-order valence-corrected chi connectivity index (χ3v) is 4.09. The molecule has 0 saturated carbocycles. The molecule has 0 saturated heterocycles. The molecular formula is C22H19N3O4. The molecule has 0 fully saturated rings. The monoisotopic (exact) mass is 389 g/mol. The Balaban J connectivity index is 1.60.